The molecule has 4 atom stereocenters. The van der Waals surface area contributed by atoms with Gasteiger partial charge in [-0.2, -0.15) is 0 Å². The Hall–Kier alpha value is -2.37. The summed E-state index contributed by atoms with van der Waals surface area (Å²) in [5, 5.41) is 16.7. The number of hydrogen-bond donors (Lipinski definition) is 3. The Bertz CT molecular complexity index is 975. The van der Waals surface area contributed by atoms with Crippen molar-refractivity contribution >= 4 is 5.91 Å². The van der Waals surface area contributed by atoms with Crippen molar-refractivity contribution in [2.24, 2.45) is 11.8 Å². The Morgan fingerprint density at radius 2 is 1.97 bits per heavy atom. The summed E-state index contributed by atoms with van der Waals surface area (Å²) in [6.45, 7) is 12.6. The first-order valence-electron chi connectivity index (χ1n) is 12.4. The van der Waals surface area contributed by atoms with Crippen LogP contribution >= 0.6 is 0 Å². The van der Waals surface area contributed by atoms with Gasteiger partial charge in [0.05, 0.1) is 6.04 Å². The Balaban J connectivity index is 1.36. The first-order chi connectivity index (χ1) is 15.8. The zero-order valence-corrected chi connectivity index (χ0v) is 20.5. The number of piperidine rings is 1. The molecule has 1 fully saturated rings. The van der Waals surface area contributed by atoms with Gasteiger partial charge < -0.3 is 20.6 Å². The number of fused-ring (bicyclic) bond motifs is 1. The molecule has 0 aliphatic carbocycles. The van der Waals surface area contributed by atoms with Crippen LogP contribution in [0.15, 0.2) is 48.5 Å². The zero-order chi connectivity index (χ0) is 23.6. The van der Waals surface area contributed by atoms with Crippen LogP contribution in [0, 0.1) is 11.8 Å². The van der Waals surface area contributed by atoms with E-state index >= 15 is 0 Å². The van der Waals surface area contributed by atoms with Crippen LogP contribution in [0.5, 0.6) is 5.75 Å². The van der Waals surface area contributed by atoms with E-state index < -0.39 is 0 Å². The standard InChI is InChI=1S/C28H39N3O2/c1-19(2)26(30-27(33)25-14-21-8-5-6-9-22(21)16-29-25)18-31-13-12-28(4,20(3)17-31)23-10-7-11-24(32)15-23/h5-11,15,19-20,25-26,29,32H,12-14,16-18H2,1-4H3,(H,30,33)/t20-,25?,26+,28+/m0/s1. The first kappa shape index (κ1) is 23.8. The molecule has 5 heteroatoms. The highest BCUT2D eigenvalue weighted by atomic mass is 16.3. The number of phenolic OH excluding ortho intramolecular Hbond substituents is 1. The molecule has 4 rings (SSSR count). The van der Waals surface area contributed by atoms with Crippen LogP contribution in [0.1, 0.15) is 50.8 Å². The van der Waals surface area contributed by atoms with Gasteiger partial charge in [-0.1, -0.05) is 64.1 Å². The maximum atomic E-state index is 13.1. The van der Waals surface area contributed by atoms with Crippen molar-refractivity contribution in [1.82, 2.24) is 15.5 Å². The number of carbonyl (C=O) groups is 1. The van der Waals surface area contributed by atoms with Gasteiger partial charge in [-0.25, -0.2) is 0 Å². The van der Waals surface area contributed by atoms with E-state index in [1.807, 2.05) is 12.1 Å². The number of nitrogens with zero attached hydrogens (tertiary/aromatic N) is 1. The summed E-state index contributed by atoms with van der Waals surface area (Å²) in [4.78, 5) is 15.6. The average molecular weight is 450 g/mol. The number of rotatable bonds is 6. The molecule has 0 bridgehead atoms. The Labute approximate surface area is 198 Å². The molecule has 33 heavy (non-hydrogen) atoms. The zero-order valence-electron chi connectivity index (χ0n) is 20.5. The van der Waals surface area contributed by atoms with E-state index in [4.69, 9.17) is 0 Å². The molecular formula is C28H39N3O2. The fraction of sp³-hybridized carbons (Fsp3) is 0.536. The second-order valence-corrected chi connectivity index (χ2v) is 10.6. The van der Waals surface area contributed by atoms with Crippen molar-refractivity contribution in [3.8, 4) is 5.75 Å². The molecule has 178 valence electrons. The van der Waals surface area contributed by atoms with Gasteiger partial charge in [0, 0.05) is 25.7 Å². The summed E-state index contributed by atoms with van der Waals surface area (Å²) < 4.78 is 0. The molecule has 5 nitrogen and oxygen atoms in total. The molecule has 3 N–H and O–H groups in total. The second-order valence-electron chi connectivity index (χ2n) is 10.6. The molecule has 1 saturated heterocycles. The van der Waals surface area contributed by atoms with Crippen LogP contribution in [0.2, 0.25) is 0 Å². The SMILES string of the molecule is CC(C)[C@@H](CN1CC[C@@](C)(c2cccc(O)c2)[C@@H](C)C1)NC(=O)C1Cc2ccccc2CN1. The largest absolute Gasteiger partial charge is 0.508 e. The van der Waals surface area contributed by atoms with E-state index in [1.54, 1.807) is 6.07 Å². The second kappa shape index (κ2) is 9.86. The van der Waals surface area contributed by atoms with Crippen LogP contribution in [0.25, 0.3) is 0 Å². The normalized spacial score (nSPS) is 26.6. The molecule has 2 aromatic carbocycles. The molecule has 0 saturated carbocycles. The van der Waals surface area contributed by atoms with E-state index in [2.05, 4.69) is 73.6 Å². The molecule has 2 aliphatic rings. The third kappa shape index (κ3) is 5.25. The van der Waals surface area contributed by atoms with Crippen molar-refractivity contribution < 1.29 is 9.90 Å². The third-order valence-electron chi connectivity index (χ3n) is 8.06. The van der Waals surface area contributed by atoms with Gasteiger partial charge in [-0.3, -0.25) is 4.79 Å². The highest BCUT2D eigenvalue weighted by molar-refractivity contribution is 5.82. The van der Waals surface area contributed by atoms with Crippen molar-refractivity contribution in [3.63, 3.8) is 0 Å². The number of aromatic hydroxyl groups is 1. The van der Waals surface area contributed by atoms with Crippen molar-refractivity contribution in [3.05, 3.63) is 65.2 Å². The summed E-state index contributed by atoms with van der Waals surface area (Å²) in [7, 11) is 0. The number of amides is 1. The average Bonchev–Trinajstić information content (AvgIpc) is 2.80. The van der Waals surface area contributed by atoms with Gasteiger partial charge in [0.1, 0.15) is 5.75 Å². The summed E-state index contributed by atoms with van der Waals surface area (Å²) >= 11 is 0. The number of hydrogen-bond acceptors (Lipinski definition) is 4. The summed E-state index contributed by atoms with van der Waals surface area (Å²) in [5.74, 6) is 1.26. The molecule has 2 aliphatic heterocycles. The Kier molecular flexibility index (Phi) is 7.10. The van der Waals surface area contributed by atoms with Crippen molar-refractivity contribution in [2.75, 3.05) is 19.6 Å². The quantitative estimate of drug-likeness (QED) is 0.627. The Morgan fingerprint density at radius 1 is 1.21 bits per heavy atom. The maximum Gasteiger partial charge on any atom is 0.237 e. The van der Waals surface area contributed by atoms with E-state index in [1.165, 1.54) is 16.7 Å². The monoisotopic (exact) mass is 449 g/mol. The van der Waals surface area contributed by atoms with Gasteiger partial charge >= 0.3 is 0 Å². The van der Waals surface area contributed by atoms with Gasteiger partial charge in [0.2, 0.25) is 5.91 Å². The summed E-state index contributed by atoms with van der Waals surface area (Å²) in [6, 6.07) is 16.1. The highest BCUT2D eigenvalue weighted by Gasteiger charge is 2.39. The maximum absolute atomic E-state index is 13.1. The predicted molar refractivity (Wildman–Crippen MR) is 133 cm³/mol. The minimum atomic E-state index is -0.171. The number of carbonyl (C=O) groups excluding carboxylic acids is 1. The van der Waals surface area contributed by atoms with E-state index in [9.17, 15) is 9.90 Å². The minimum Gasteiger partial charge on any atom is -0.508 e. The lowest BCUT2D eigenvalue weighted by atomic mass is 9.68. The topological polar surface area (TPSA) is 64.6 Å². The fourth-order valence-electron chi connectivity index (χ4n) is 5.40. The summed E-state index contributed by atoms with van der Waals surface area (Å²) in [5.41, 5.74) is 3.82. The molecule has 2 aromatic rings. The molecular weight excluding hydrogens is 410 g/mol. The van der Waals surface area contributed by atoms with Gasteiger partial charge in [0.15, 0.2) is 0 Å². The number of nitrogens with one attached hydrogen (secondary N) is 2. The fourth-order valence-corrected chi connectivity index (χ4v) is 5.40. The minimum absolute atomic E-state index is 0.0468. The van der Waals surface area contributed by atoms with Crippen LogP contribution in [-0.4, -0.2) is 47.6 Å². The number of likely N-dealkylation sites (tertiary alicyclic amines) is 1. The molecule has 0 spiro atoms. The molecule has 2 heterocycles. The van der Waals surface area contributed by atoms with E-state index in [0.717, 1.165) is 39.0 Å². The smallest absolute Gasteiger partial charge is 0.237 e. The van der Waals surface area contributed by atoms with Gasteiger partial charge in [0.25, 0.3) is 0 Å². The summed E-state index contributed by atoms with van der Waals surface area (Å²) in [6.07, 6.45) is 1.78. The van der Waals surface area contributed by atoms with Gasteiger partial charge in [-0.05, 0) is 65.5 Å². The van der Waals surface area contributed by atoms with Crippen LogP contribution in [0.4, 0.5) is 0 Å². The van der Waals surface area contributed by atoms with E-state index in [-0.39, 0.29) is 23.4 Å². The molecule has 0 radical (unpaired) electrons. The van der Waals surface area contributed by atoms with Crippen LogP contribution in [-0.2, 0) is 23.2 Å². The van der Waals surface area contributed by atoms with Gasteiger partial charge in [-0.15, -0.1) is 0 Å². The van der Waals surface area contributed by atoms with Crippen LogP contribution in [0.3, 0.4) is 0 Å². The predicted octanol–water partition coefficient (Wildman–Crippen LogP) is 3.85. The molecule has 1 unspecified atom stereocenters. The highest BCUT2D eigenvalue weighted by Crippen LogP contribution is 2.40. The van der Waals surface area contributed by atoms with Crippen molar-refractivity contribution in [2.45, 2.75) is 64.6 Å². The van der Waals surface area contributed by atoms with Crippen LogP contribution < -0.4 is 10.6 Å². The molecule has 0 aromatic heterocycles. The number of benzene rings is 2. The third-order valence-corrected chi connectivity index (χ3v) is 8.06. The lowest BCUT2D eigenvalue weighted by molar-refractivity contribution is -0.124. The first-order valence-corrected chi connectivity index (χ1v) is 12.4. The number of phenols is 1. The molecule has 1 amide bonds. The Morgan fingerprint density at radius 3 is 2.67 bits per heavy atom. The lowest BCUT2D eigenvalue weighted by Gasteiger charge is -2.46. The lowest BCUT2D eigenvalue weighted by Crippen LogP contribution is -2.56. The van der Waals surface area contributed by atoms with E-state index in [0.29, 0.717) is 17.6 Å². The van der Waals surface area contributed by atoms with Crippen molar-refractivity contribution in [1.29, 1.82) is 0 Å².